The van der Waals surface area contributed by atoms with Crippen LogP contribution in [0.5, 0.6) is 0 Å². The summed E-state index contributed by atoms with van der Waals surface area (Å²) in [6, 6.07) is 5.24. The van der Waals surface area contributed by atoms with Crippen LogP contribution in [0.4, 0.5) is 4.39 Å². The molecule has 0 radical (unpaired) electrons. The third-order valence-corrected chi connectivity index (χ3v) is 4.80. The summed E-state index contributed by atoms with van der Waals surface area (Å²) in [6.45, 7) is 4.11. The molecule has 3 atom stereocenters. The molecule has 3 unspecified atom stereocenters. The fourth-order valence-electron chi connectivity index (χ4n) is 3.94. The monoisotopic (exact) mass is 230 g/mol. The van der Waals surface area contributed by atoms with Crippen molar-refractivity contribution in [3.63, 3.8) is 0 Å². The second-order valence-corrected chi connectivity index (χ2v) is 5.48. The van der Waals surface area contributed by atoms with Crippen molar-refractivity contribution in [3.05, 3.63) is 35.1 Å². The topological polar surface area (TPSA) is 24.4 Å². The van der Waals surface area contributed by atoms with Crippen LogP contribution in [-0.2, 0) is 6.42 Å². The molecule has 0 amide bonds. The molecule has 0 spiro atoms. The molecule has 1 fully saturated rings. The Bertz CT molecular complexity index is 537. The van der Waals surface area contributed by atoms with Gasteiger partial charge in [-0.1, -0.05) is 13.0 Å². The number of halogens is 1. The van der Waals surface area contributed by atoms with E-state index in [1.807, 2.05) is 6.07 Å². The van der Waals surface area contributed by atoms with E-state index in [4.69, 9.17) is 0 Å². The first-order valence-electron chi connectivity index (χ1n) is 6.30. The summed E-state index contributed by atoms with van der Waals surface area (Å²) >= 11 is 0. The number of hydrogen-bond acceptors (Lipinski definition) is 2. The number of fused-ring (bicyclic) bond motifs is 3. The Morgan fingerprint density at radius 2 is 2.35 bits per heavy atom. The van der Waals surface area contributed by atoms with Crippen LogP contribution in [-0.4, -0.2) is 18.9 Å². The van der Waals surface area contributed by atoms with Gasteiger partial charge in [-0.05, 0) is 35.6 Å². The lowest BCUT2D eigenvalue weighted by atomic mass is 9.96. The summed E-state index contributed by atoms with van der Waals surface area (Å²) in [6.07, 6.45) is 1.03. The Morgan fingerprint density at radius 1 is 1.47 bits per heavy atom. The average molecular weight is 230 g/mol. The molecular formula is C14H15FN2. The quantitative estimate of drug-likeness (QED) is 0.785. The van der Waals surface area contributed by atoms with Crippen molar-refractivity contribution in [2.45, 2.75) is 19.3 Å². The van der Waals surface area contributed by atoms with E-state index in [0.717, 1.165) is 19.5 Å². The zero-order chi connectivity index (χ0) is 11.6. The Morgan fingerprint density at radius 3 is 3.12 bits per heavy atom. The second kappa shape index (κ2) is 2.89. The van der Waals surface area contributed by atoms with Gasteiger partial charge in [-0.15, -0.1) is 0 Å². The third kappa shape index (κ3) is 1.03. The molecule has 1 saturated carbocycles. The molecule has 17 heavy (non-hydrogen) atoms. The lowest BCUT2D eigenvalue weighted by Gasteiger charge is -2.14. The van der Waals surface area contributed by atoms with E-state index in [1.54, 1.807) is 12.1 Å². The molecule has 88 valence electrons. The number of rotatable bonds is 1. The first-order valence-corrected chi connectivity index (χ1v) is 6.30. The van der Waals surface area contributed by atoms with Crippen LogP contribution in [0, 0.1) is 17.2 Å². The summed E-state index contributed by atoms with van der Waals surface area (Å²) in [7, 11) is 0. The molecule has 2 nitrogen and oxygen atoms in total. The van der Waals surface area contributed by atoms with Crippen LogP contribution in [0.25, 0.3) is 0 Å². The fourth-order valence-corrected chi connectivity index (χ4v) is 3.94. The standard InChI is InChI=1S/C14H15FN2/c1-8-12-11-6-10(15)3-2-9(11)7-14(8,12)13-16-4-5-17-13/h2-3,6,8,12H,4-5,7H2,1H3,(H,16,17). The van der Waals surface area contributed by atoms with Crippen molar-refractivity contribution < 1.29 is 4.39 Å². The molecule has 3 heteroatoms. The van der Waals surface area contributed by atoms with Crippen LogP contribution in [0.2, 0.25) is 0 Å². The highest BCUT2D eigenvalue weighted by atomic mass is 19.1. The largest absolute Gasteiger partial charge is 0.371 e. The molecular weight excluding hydrogens is 215 g/mol. The predicted octanol–water partition coefficient (Wildman–Crippen LogP) is 2.10. The minimum Gasteiger partial charge on any atom is -0.371 e. The van der Waals surface area contributed by atoms with Gasteiger partial charge in [-0.25, -0.2) is 4.39 Å². The molecule has 0 aromatic heterocycles. The van der Waals surface area contributed by atoms with Crippen LogP contribution in [0.15, 0.2) is 23.2 Å². The van der Waals surface area contributed by atoms with Crippen molar-refractivity contribution in [2.75, 3.05) is 13.1 Å². The molecule has 1 N–H and O–H groups in total. The van der Waals surface area contributed by atoms with Gasteiger partial charge in [-0.3, -0.25) is 4.99 Å². The van der Waals surface area contributed by atoms with Crippen molar-refractivity contribution in [3.8, 4) is 0 Å². The minimum atomic E-state index is -0.111. The van der Waals surface area contributed by atoms with Crippen molar-refractivity contribution in [2.24, 2.45) is 16.3 Å². The zero-order valence-electron chi connectivity index (χ0n) is 9.83. The molecule has 1 aromatic rings. The van der Waals surface area contributed by atoms with Gasteiger partial charge in [0.15, 0.2) is 0 Å². The van der Waals surface area contributed by atoms with Gasteiger partial charge in [0.05, 0.1) is 6.54 Å². The number of aliphatic imine (C=N–C) groups is 1. The highest BCUT2D eigenvalue weighted by Crippen LogP contribution is 2.71. The average Bonchev–Trinajstić information content (AvgIpc) is 2.78. The number of amidine groups is 1. The van der Waals surface area contributed by atoms with Gasteiger partial charge < -0.3 is 5.32 Å². The van der Waals surface area contributed by atoms with E-state index in [-0.39, 0.29) is 11.2 Å². The molecule has 0 saturated heterocycles. The molecule has 0 bridgehead atoms. The fraction of sp³-hybridized carbons (Fsp3) is 0.500. The summed E-state index contributed by atoms with van der Waals surface area (Å²) in [4.78, 5) is 4.60. The predicted molar refractivity (Wildman–Crippen MR) is 64.7 cm³/mol. The first kappa shape index (κ1) is 9.63. The first-order chi connectivity index (χ1) is 8.23. The summed E-state index contributed by atoms with van der Waals surface area (Å²) in [5.41, 5.74) is 2.70. The molecule has 1 aliphatic heterocycles. The molecule has 3 aliphatic rings. The van der Waals surface area contributed by atoms with Gasteiger partial charge in [0.1, 0.15) is 11.7 Å². The minimum absolute atomic E-state index is 0.111. The van der Waals surface area contributed by atoms with E-state index >= 15 is 0 Å². The zero-order valence-corrected chi connectivity index (χ0v) is 9.83. The van der Waals surface area contributed by atoms with Crippen LogP contribution in [0.1, 0.15) is 24.0 Å². The number of hydrogen-bond donors (Lipinski definition) is 1. The van der Waals surface area contributed by atoms with E-state index in [9.17, 15) is 4.39 Å². The number of nitrogens with one attached hydrogen (secondary N) is 1. The van der Waals surface area contributed by atoms with E-state index < -0.39 is 0 Å². The Balaban J connectivity index is 1.80. The number of benzene rings is 1. The maximum Gasteiger partial charge on any atom is 0.123 e. The lowest BCUT2D eigenvalue weighted by molar-refractivity contribution is 0.617. The smallest absolute Gasteiger partial charge is 0.123 e. The Kier molecular flexibility index (Phi) is 1.64. The van der Waals surface area contributed by atoms with Crippen LogP contribution >= 0.6 is 0 Å². The van der Waals surface area contributed by atoms with Crippen molar-refractivity contribution in [1.82, 2.24) is 5.32 Å². The highest BCUT2D eigenvalue weighted by molar-refractivity contribution is 5.95. The number of nitrogens with zero attached hydrogens (tertiary/aromatic N) is 1. The van der Waals surface area contributed by atoms with Gasteiger partial charge in [0.2, 0.25) is 0 Å². The van der Waals surface area contributed by atoms with Gasteiger partial charge >= 0.3 is 0 Å². The lowest BCUT2D eigenvalue weighted by Crippen LogP contribution is -2.30. The summed E-state index contributed by atoms with van der Waals surface area (Å²) in [5, 5.41) is 3.42. The van der Waals surface area contributed by atoms with Crippen LogP contribution in [0.3, 0.4) is 0 Å². The summed E-state index contributed by atoms with van der Waals surface area (Å²) < 4.78 is 13.3. The normalized spacial score (nSPS) is 37.2. The van der Waals surface area contributed by atoms with Gasteiger partial charge in [-0.2, -0.15) is 0 Å². The van der Waals surface area contributed by atoms with Crippen molar-refractivity contribution in [1.29, 1.82) is 0 Å². The highest BCUT2D eigenvalue weighted by Gasteiger charge is 2.69. The molecule has 1 heterocycles. The molecule has 2 aliphatic carbocycles. The van der Waals surface area contributed by atoms with E-state index in [1.165, 1.54) is 17.0 Å². The molecule has 4 rings (SSSR count). The van der Waals surface area contributed by atoms with Crippen LogP contribution < -0.4 is 5.32 Å². The molecule has 1 aromatic carbocycles. The van der Waals surface area contributed by atoms with Crippen molar-refractivity contribution >= 4 is 5.84 Å². The van der Waals surface area contributed by atoms with E-state index in [2.05, 4.69) is 17.2 Å². The SMILES string of the molecule is CC1C2c3cc(F)ccc3CC12C1=NCCN1. The van der Waals surface area contributed by atoms with Gasteiger partial charge in [0, 0.05) is 17.9 Å². The maximum atomic E-state index is 13.3. The van der Waals surface area contributed by atoms with E-state index in [0.29, 0.717) is 11.8 Å². The second-order valence-electron chi connectivity index (χ2n) is 5.48. The Labute approximate surface area is 99.9 Å². The maximum absolute atomic E-state index is 13.3. The Hall–Kier alpha value is -1.38. The third-order valence-electron chi connectivity index (χ3n) is 4.80. The van der Waals surface area contributed by atoms with Gasteiger partial charge in [0.25, 0.3) is 0 Å². The summed E-state index contributed by atoms with van der Waals surface area (Å²) in [5.74, 6) is 2.14.